The molecule has 0 radical (unpaired) electrons. The van der Waals surface area contributed by atoms with Crippen LogP contribution in [0.15, 0.2) is 18.2 Å². The van der Waals surface area contributed by atoms with Crippen LogP contribution in [0.2, 0.25) is 0 Å². The van der Waals surface area contributed by atoms with Crippen LogP contribution in [-0.2, 0) is 4.79 Å². The average Bonchev–Trinajstić information content (AvgIpc) is 2.25. The Labute approximate surface area is 99.6 Å². The van der Waals surface area contributed by atoms with Gasteiger partial charge in [-0.1, -0.05) is 6.07 Å². The van der Waals surface area contributed by atoms with Crippen molar-refractivity contribution in [2.75, 3.05) is 16.8 Å². The van der Waals surface area contributed by atoms with E-state index < -0.39 is 5.54 Å². The topological polar surface area (TPSA) is 32.3 Å². The first kappa shape index (κ1) is 10.6. The zero-order valence-electron chi connectivity index (χ0n) is 9.79. The lowest BCUT2D eigenvalue weighted by molar-refractivity contribution is -0.124. The number of amides is 1. The number of carbonyl (C=O) groups is 1. The van der Waals surface area contributed by atoms with E-state index in [4.69, 9.17) is 0 Å². The van der Waals surface area contributed by atoms with E-state index in [1.165, 1.54) is 6.07 Å². The van der Waals surface area contributed by atoms with Gasteiger partial charge in [0.25, 0.3) is 0 Å². The molecule has 1 spiro atoms. The van der Waals surface area contributed by atoms with E-state index in [2.05, 4.69) is 5.32 Å². The van der Waals surface area contributed by atoms with Gasteiger partial charge in [0.1, 0.15) is 11.4 Å². The van der Waals surface area contributed by atoms with Crippen LogP contribution in [-0.4, -0.2) is 18.0 Å². The number of nitrogens with zero attached hydrogens (tertiary/aromatic N) is 1. The molecule has 1 heterocycles. The second kappa shape index (κ2) is 3.45. The molecule has 17 heavy (non-hydrogen) atoms. The van der Waals surface area contributed by atoms with Crippen molar-refractivity contribution >= 4 is 17.3 Å². The van der Waals surface area contributed by atoms with Crippen molar-refractivity contribution in [3.63, 3.8) is 0 Å². The molecule has 0 unspecified atom stereocenters. The predicted octanol–water partition coefficient (Wildman–Crippen LogP) is 2.53. The molecule has 1 aliphatic carbocycles. The van der Waals surface area contributed by atoms with E-state index in [-0.39, 0.29) is 11.7 Å². The predicted molar refractivity (Wildman–Crippen MR) is 64.6 cm³/mol. The monoisotopic (exact) mass is 234 g/mol. The summed E-state index contributed by atoms with van der Waals surface area (Å²) in [6.45, 7) is 2.62. The molecule has 3 rings (SSSR count). The molecule has 0 aromatic heterocycles. The van der Waals surface area contributed by atoms with E-state index in [0.717, 1.165) is 19.3 Å². The number of carbonyl (C=O) groups excluding carboxylic acids is 1. The quantitative estimate of drug-likeness (QED) is 0.809. The largest absolute Gasteiger partial charge is 0.353 e. The molecule has 3 nitrogen and oxygen atoms in total. The number of likely N-dealkylation sites (N-methyl/N-ethyl adjacent to an activating group) is 1. The summed E-state index contributed by atoms with van der Waals surface area (Å²) in [6, 6.07) is 4.83. The smallest absolute Gasteiger partial charge is 0.250 e. The van der Waals surface area contributed by atoms with Crippen molar-refractivity contribution in [3.05, 3.63) is 24.0 Å². The number of fused-ring (bicyclic) bond motifs is 1. The van der Waals surface area contributed by atoms with Gasteiger partial charge in [0, 0.05) is 6.54 Å². The Morgan fingerprint density at radius 1 is 1.47 bits per heavy atom. The van der Waals surface area contributed by atoms with Crippen molar-refractivity contribution in [1.29, 1.82) is 0 Å². The summed E-state index contributed by atoms with van der Waals surface area (Å²) in [4.78, 5) is 14.1. The maximum absolute atomic E-state index is 13.9. The summed E-state index contributed by atoms with van der Waals surface area (Å²) in [7, 11) is 0. The minimum atomic E-state index is -0.496. The molecule has 0 saturated heterocycles. The Kier molecular flexibility index (Phi) is 2.15. The van der Waals surface area contributed by atoms with Crippen LogP contribution in [0.3, 0.4) is 0 Å². The van der Waals surface area contributed by atoms with Crippen LogP contribution in [0, 0.1) is 5.82 Å². The third-order valence-electron chi connectivity index (χ3n) is 3.94. The van der Waals surface area contributed by atoms with Crippen LogP contribution in [0.25, 0.3) is 0 Å². The van der Waals surface area contributed by atoms with Crippen molar-refractivity contribution in [1.82, 2.24) is 0 Å². The lowest BCUT2D eigenvalue weighted by Crippen LogP contribution is -2.64. The van der Waals surface area contributed by atoms with Crippen LogP contribution in [0.1, 0.15) is 26.2 Å². The molecule has 1 aliphatic heterocycles. The molecule has 1 aromatic rings. The number of anilines is 2. The number of hydrogen-bond donors (Lipinski definition) is 1. The van der Waals surface area contributed by atoms with Crippen LogP contribution < -0.4 is 10.2 Å². The summed E-state index contributed by atoms with van der Waals surface area (Å²) in [5.74, 6) is -0.237. The average molecular weight is 234 g/mol. The van der Waals surface area contributed by atoms with Crippen molar-refractivity contribution in [2.45, 2.75) is 31.7 Å². The van der Waals surface area contributed by atoms with Gasteiger partial charge in [0.05, 0.1) is 11.4 Å². The number of benzene rings is 1. The standard InChI is InChI=1S/C13H15FN2O/c1-2-16-11-9(14)5-3-6-10(11)15-12(17)13(16)7-4-8-13/h3,5-6H,2,4,7-8H2,1H3,(H,15,17). The second-order valence-electron chi connectivity index (χ2n) is 4.72. The van der Waals surface area contributed by atoms with Gasteiger partial charge in [-0.25, -0.2) is 4.39 Å². The summed E-state index contributed by atoms with van der Waals surface area (Å²) in [5.41, 5.74) is 0.646. The summed E-state index contributed by atoms with van der Waals surface area (Å²) >= 11 is 0. The van der Waals surface area contributed by atoms with Crippen LogP contribution in [0.4, 0.5) is 15.8 Å². The lowest BCUT2D eigenvalue weighted by Gasteiger charge is -2.52. The van der Waals surface area contributed by atoms with Crippen molar-refractivity contribution in [2.24, 2.45) is 0 Å². The minimum absolute atomic E-state index is 0.0173. The Bertz CT molecular complexity index is 482. The van der Waals surface area contributed by atoms with Gasteiger partial charge in [-0.15, -0.1) is 0 Å². The fourth-order valence-corrected chi connectivity index (χ4v) is 2.94. The van der Waals surface area contributed by atoms with Crippen molar-refractivity contribution < 1.29 is 9.18 Å². The highest BCUT2D eigenvalue weighted by molar-refractivity contribution is 6.07. The zero-order valence-corrected chi connectivity index (χ0v) is 9.79. The Hall–Kier alpha value is -1.58. The molecular weight excluding hydrogens is 219 g/mol. The minimum Gasteiger partial charge on any atom is -0.353 e. The van der Waals surface area contributed by atoms with Gasteiger partial charge in [-0.2, -0.15) is 0 Å². The van der Waals surface area contributed by atoms with Gasteiger partial charge in [-0.3, -0.25) is 4.79 Å². The molecule has 1 saturated carbocycles. The van der Waals surface area contributed by atoms with Crippen LogP contribution in [0.5, 0.6) is 0 Å². The maximum atomic E-state index is 13.9. The molecule has 2 aliphatic rings. The highest BCUT2D eigenvalue weighted by atomic mass is 19.1. The molecule has 0 bridgehead atoms. The van der Waals surface area contributed by atoms with Gasteiger partial charge >= 0.3 is 0 Å². The van der Waals surface area contributed by atoms with E-state index in [9.17, 15) is 9.18 Å². The second-order valence-corrected chi connectivity index (χ2v) is 4.72. The highest BCUT2D eigenvalue weighted by Crippen LogP contribution is 2.47. The molecule has 1 N–H and O–H groups in total. The molecule has 0 atom stereocenters. The Morgan fingerprint density at radius 2 is 2.24 bits per heavy atom. The number of rotatable bonds is 1. The first-order chi connectivity index (χ1) is 8.19. The molecular formula is C13H15FN2O. The van der Waals surface area contributed by atoms with Gasteiger partial charge < -0.3 is 10.2 Å². The summed E-state index contributed by atoms with van der Waals surface area (Å²) < 4.78 is 13.9. The molecule has 1 fully saturated rings. The molecule has 4 heteroatoms. The fraction of sp³-hybridized carbons (Fsp3) is 0.462. The maximum Gasteiger partial charge on any atom is 0.250 e. The van der Waals surface area contributed by atoms with Gasteiger partial charge in [0.15, 0.2) is 0 Å². The summed E-state index contributed by atoms with van der Waals surface area (Å²) in [6.07, 6.45) is 2.68. The highest BCUT2D eigenvalue weighted by Gasteiger charge is 2.52. The number of hydrogen-bond acceptors (Lipinski definition) is 2. The lowest BCUT2D eigenvalue weighted by atomic mass is 9.73. The molecule has 1 aromatic carbocycles. The zero-order chi connectivity index (χ0) is 12.0. The summed E-state index contributed by atoms with van der Waals surface area (Å²) in [5, 5.41) is 2.84. The van der Waals surface area contributed by atoms with E-state index in [1.807, 2.05) is 11.8 Å². The fourth-order valence-electron chi connectivity index (χ4n) is 2.94. The first-order valence-corrected chi connectivity index (χ1v) is 6.06. The van der Waals surface area contributed by atoms with Gasteiger partial charge in [-0.05, 0) is 38.3 Å². The van der Waals surface area contributed by atoms with Crippen LogP contribution >= 0.6 is 0 Å². The third-order valence-corrected chi connectivity index (χ3v) is 3.94. The first-order valence-electron chi connectivity index (χ1n) is 6.06. The number of nitrogens with one attached hydrogen (secondary N) is 1. The Morgan fingerprint density at radius 3 is 2.82 bits per heavy atom. The normalized spacial score (nSPS) is 20.8. The SMILES string of the molecule is CCN1c2c(F)cccc2NC(=O)C12CCC2. The third kappa shape index (κ3) is 1.24. The van der Waals surface area contributed by atoms with E-state index in [1.54, 1.807) is 12.1 Å². The van der Waals surface area contributed by atoms with E-state index >= 15 is 0 Å². The van der Waals surface area contributed by atoms with Crippen molar-refractivity contribution in [3.8, 4) is 0 Å². The van der Waals surface area contributed by atoms with Gasteiger partial charge in [0.2, 0.25) is 5.91 Å². The number of halogens is 1. The molecule has 1 amide bonds. The molecule has 90 valence electrons. The Balaban J connectivity index is 2.16. The number of para-hydroxylation sites is 1. The van der Waals surface area contributed by atoms with E-state index in [0.29, 0.717) is 17.9 Å².